The molecular formula is C6H2BrClF. The average Bonchev–Trinajstić information content (AvgIpc) is 1.80. The maximum atomic E-state index is 12.4. The van der Waals surface area contributed by atoms with Gasteiger partial charge in [0.15, 0.2) is 0 Å². The first-order valence-corrected chi connectivity index (χ1v) is 3.39. The maximum absolute atomic E-state index is 12.4. The van der Waals surface area contributed by atoms with Crippen LogP contribution in [-0.2, 0) is 0 Å². The van der Waals surface area contributed by atoms with E-state index in [0.717, 1.165) is 0 Å². The monoisotopic (exact) mass is 207 g/mol. The zero-order valence-corrected chi connectivity index (χ0v) is 6.63. The van der Waals surface area contributed by atoms with Gasteiger partial charge in [-0.3, -0.25) is 0 Å². The second-order valence-corrected chi connectivity index (χ2v) is 2.77. The molecule has 1 aromatic carbocycles. The Balaban J connectivity index is 3.17. The van der Waals surface area contributed by atoms with Crippen LogP contribution in [0.3, 0.4) is 0 Å². The topological polar surface area (TPSA) is 0 Å². The molecule has 3 heteroatoms. The van der Waals surface area contributed by atoms with Gasteiger partial charge in [-0.05, 0) is 12.1 Å². The molecule has 0 spiro atoms. The summed E-state index contributed by atoms with van der Waals surface area (Å²) in [4.78, 5) is 0. The highest BCUT2D eigenvalue weighted by Gasteiger charge is 1.97. The predicted octanol–water partition coefficient (Wildman–Crippen LogP) is 3.04. The number of benzene rings is 1. The molecule has 0 unspecified atom stereocenters. The Bertz CT molecular complexity index is 224. The van der Waals surface area contributed by atoms with E-state index < -0.39 is 5.82 Å². The van der Waals surface area contributed by atoms with Gasteiger partial charge < -0.3 is 0 Å². The summed E-state index contributed by atoms with van der Waals surface area (Å²) in [5.74, 6) is -0.453. The van der Waals surface area contributed by atoms with Crippen LogP contribution < -0.4 is 0 Å². The second kappa shape index (κ2) is 2.67. The summed E-state index contributed by atoms with van der Waals surface area (Å²) in [6, 6.07) is 5.36. The van der Waals surface area contributed by atoms with Gasteiger partial charge in [0, 0.05) is 10.5 Å². The predicted molar refractivity (Wildman–Crippen MR) is 37.9 cm³/mol. The molecule has 1 aromatic rings. The highest BCUT2D eigenvalue weighted by Crippen LogP contribution is 2.17. The van der Waals surface area contributed by atoms with Crippen LogP contribution in [0.15, 0.2) is 16.6 Å². The van der Waals surface area contributed by atoms with Gasteiger partial charge in [0.25, 0.3) is 0 Å². The van der Waals surface area contributed by atoms with E-state index in [-0.39, 0.29) is 5.02 Å². The first-order chi connectivity index (χ1) is 4.20. The first kappa shape index (κ1) is 7.03. The van der Waals surface area contributed by atoms with Crippen LogP contribution in [0, 0.1) is 11.9 Å². The van der Waals surface area contributed by atoms with Gasteiger partial charge in [-0.1, -0.05) is 27.5 Å². The number of hydrogen-bond donors (Lipinski definition) is 0. The van der Waals surface area contributed by atoms with Gasteiger partial charge in [-0.25, -0.2) is 4.39 Å². The highest BCUT2D eigenvalue weighted by molar-refractivity contribution is 9.10. The summed E-state index contributed by atoms with van der Waals surface area (Å²) < 4.78 is 13.0. The van der Waals surface area contributed by atoms with E-state index in [9.17, 15) is 4.39 Å². The smallest absolute Gasteiger partial charge is 0.143 e. The largest absolute Gasteiger partial charge is 0.205 e. The molecular weight excluding hydrogens is 206 g/mol. The minimum absolute atomic E-state index is 0.0261. The van der Waals surface area contributed by atoms with Gasteiger partial charge in [0.2, 0.25) is 0 Å². The Morgan fingerprint density at radius 1 is 1.67 bits per heavy atom. The van der Waals surface area contributed by atoms with E-state index in [4.69, 9.17) is 11.6 Å². The molecule has 0 aliphatic carbocycles. The van der Waals surface area contributed by atoms with Crippen LogP contribution in [0.25, 0.3) is 0 Å². The molecule has 0 saturated carbocycles. The zero-order valence-electron chi connectivity index (χ0n) is 4.29. The number of halogens is 3. The molecule has 0 atom stereocenters. The molecule has 0 bridgehead atoms. The fourth-order valence-electron chi connectivity index (χ4n) is 0.427. The van der Waals surface area contributed by atoms with E-state index in [0.29, 0.717) is 4.47 Å². The third-order valence-corrected chi connectivity index (χ3v) is 1.56. The minimum Gasteiger partial charge on any atom is -0.205 e. The zero-order chi connectivity index (χ0) is 6.85. The maximum Gasteiger partial charge on any atom is 0.143 e. The molecule has 47 valence electrons. The number of rotatable bonds is 0. The third kappa shape index (κ3) is 1.66. The van der Waals surface area contributed by atoms with Gasteiger partial charge in [-0.2, -0.15) is 0 Å². The standard InChI is InChI=1S/C6H2BrClF/c7-4-1-2-5(8)6(9)3-4/h1,3H. The quantitative estimate of drug-likeness (QED) is 0.575. The van der Waals surface area contributed by atoms with Crippen molar-refractivity contribution in [1.82, 2.24) is 0 Å². The van der Waals surface area contributed by atoms with Crippen molar-refractivity contribution >= 4 is 27.5 Å². The van der Waals surface area contributed by atoms with Gasteiger partial charge >= 0.3 is 0 Å². The van der Waals surface area contributed by atoms with E-state index >= 15 is 0 Å². The normalized spacial score (nSPS) is 9.67. The molecule has 0 fully saturated rings. The molecule has 0 saturated heterocycles. The van der Waals surface area contributed by atoms with Crippen molar-refractivity contribution in [2.75, 3.05) is 0 Å². The van der Waals surface area contributed by atoms with E-state index in [1.807, 2.05) is 0 Å². The second-order valence-electron chi connectivity index (χ2n) is 1.48. The van der Waals surface area contributed by atoms with Crippen molar-refractivity contribution in [2.45, 2.75) is 0 Å². The summed E-state index contributed by atoms with van der Waals surface area (Å²) in [7, 11) is 0. The van der Waals surface area contributed by atoms with Crippen molar-refractivity contribution in [2.24, 2.45) is 0 Å². The van der Waals surface area contributed by atoms with Crippen LogP contribution >= 0.6 is 27.5 Å². The van der Waals surface area contributed by atoms with Crippen LogP contribution in [0.1, 0.15) is 0 Å². The van der Waals surface area contributed by atoms with Gasteiger partial charge in [0.05, 0.1) is 5.02 Å². The summed E-state index contributed by atoms with van der Waals surface area (Å²) in [5.41, 5.74) is 0. The summed E-state index contributed by atoms with van der Waals surface area (Å²) in [6.07, 6.45) is 0. The van der Waals surface area contributed by atoms with E-state index in [2.05, 4.69) is 22.0 Å². The van der Waals surface area contributed by atoms with Crippen LogP contribution in [-0.4, -0.2) is 0 Å². The van der Waals surface area contributed by atoms with Crippen LogP contribution in [0.4, 0.5) is 4.39 Å². The minimum atomic E-state index is -0.453. The molecule has 0 nitrogen and oxygen atoms in total. The lowest BCUT2D eigenvalue weighted by Crippen LogP contribution is -1.74. The van der Waals surface area contributed by atoms with Crippen molar-refractivity contribution in [3.8, 4) is 0 Å². The molecule has 0 aliphatic heterocycles. The van der Waals surface area contributed by atoms with Gasteiger partial charge in [-0.15, -0.1) is 0 Å². The molecule has 0 amide bonds. The Morgan fingerprint density at radius 3 is 2.78 bits per heavy atom. The van der Waals surface area contributed by atoms with E-state index in [1.54, 1.807) is 6.07 Å². The number of hydrogen-bond acceptors (Lipinski definition) is 0. The Morgan fingerprint density at radius 2 is 2.33 bits per heavy atom. The van der Waals surface area contributed by atoms with Crippen LogP contribution in [0.2, 0.25) is 5.02 Å². The van der Waals surface area contributed by atoms with E-state index in [1.165, 1.54) is 6.07 Å². The SMILES string of the molecule is Fc1cc(Br)c[c]c1Cl. The Hall–Kier alpha value is -0.0800. The Labute approximate surface area is 65.8 Å². The highest BCUT2D eigenvalue weighted by atomic mass is 79.9. The lowest BCUT2D eigenvalue weighted by Gasteiger charge is -1.90. The first-order valence-electron chi connectivity index (χ1n) is 2.22. The molecule has 9 heavy (non-hydrogen) atoms. The van der Waals surface area contributed by atoms with Crippen molar-refractivity contribution in [3.63, 3.8) is 0 Å². The lowest BCUT2D eigenvalue weighted by molar-refractivity contribution is 0.627. The van der Waals surface area contributed by atoms with Crippen molar-refractivity contribution < 1.29 is 4.39 Å². The van der Waals surface area contributed by atoms with Crippen molar-refractivity contribution in [3.05, 3.63) is 33.5 Å². The summed E-state index contributed by atoms with van der Waals surface area (Å²) >= 11 is 8.40. The average molecular weight is 208 g/mol. The molecule has 0 aliphatic rings. The summed E-state index contributed by atoms with van der Waals surface area (Å²) in [5, 5.41) is 0.0261. The molecule has 1 radical (unpaired) electrons. The molecule has 0 aromatic heterocycles. The Kier molecular flexibility index (Phi) is 2.09. The van der Waals surface area contributed by atoms with Crippen molar-refractivity contribution in [1.29, 1.82) is 0 Å². The third-order valence-electron chi connectivity index (χ3n) is 0.811. The van der Waals surface area contributed by atoms with Crippen LogP contribution in [0.5, 0.6) is 0 Å². The summed E-state index contributed by atoms with van der Waals surface area (Å²) in [6.45, 7) is 0. The lowest BCUT2D eigenvalue weighted by atomic mass is 10.3. The molecule has 1 rings (SSSR count). The molecule has 0 N–H and O–H groups in total. The molecule has 0 heterocycles. The van der Waals surface area contributed by atoms with Gasteiger partial charge in [0.1, 0.15) is 5.82 Å². The fourth-order valence-corrected chi connectivity index (χ4v) is 0.852. The fraction of sp³-hybridized carbons (Fsp3) is 0.